The summed E-state index contributed by atoms with van der Waals surface area (Å²) in [5.74, 6) is 1.55. The van der Waals surface area contributed by atoms with Gasteiger partial charge in [0.05, 0.1) is 18.8 Å². The van der Waals surface area contributed by atoms with Gasteiger partial charge in [0.2, 0.25) is 0 Å². The zero-order chi connectivity index (χ0) is 17.8. The van der Waals surface area contributed by atoms with E-state index in [1.54, 1.807) is 4.90 Å². The summed E-state index contributed by atoms with van der Waals surface area (Å²) in [5.41, 5.74) is 2.64. The van der Waals surface area contributed by atoms with E-state index < -0.39 is 0 Å². The molecule has 1 heterocycles. The van der Waals surface area contributed by atoms with Gasteiger partial charge in [0.25, 0.3) is 0 Å². The molecule has 2 aromatic rings. The second kappa shape index (κ2) is 7.47. The number of benzene rings is 2. The summed E-state index contributed by atoms with van der Waals surface area (Å²) in [4.78, 5) is 14.6. The number of nitrogens with one attached hydrogen (secondary N) is 1. The van der Waals surface area contributed by atoms with Gasteiger partial charge in [0.1, 0.15) is 17.6 Å². The van der Waals surface area contributed by atoms with Crippen LogP contribution in [0.4, 0.5) is 16.2 Å². The molecule has 0 spiro atoms. The Balaban J connectivity index is 1.80. The first kappa shape index (κ1) is 17.1. The van der Waals surface area contributed by atoms with E-state index in [9.17, 15) is 4.79 Å². The number of anilines is 2. The molecule has 2 amide bonds. The van der Waals surface area contributed by atoms with Crippen molar-refractivity contribution in [3.63, 3.8) is 0 Å². The Bertz CT molecular complexity index is 743. The van der Waals surface area contributed by atoms with Crippen LogP contribution in [0.1, 0.15) is 25.8 Å². The lowest BCUT2D eigenvalue weighted by Gasteiger charge is -2.34. The van der Waals surface area contributed by atoms with E-state index in [-0.39, 0.29) is 12.1 Å². The number of amides is 2. The van der Waals surface area contributed by atoms with Gasteiger partial charge in [0, 0.05) is 5.69 Å². The molecule has 2 aromatic carbocycles. The summed E-state index contributed by atoms with van der Waals surface area (Å²) in [6.07, 6.45) is 0.849. The summed E-state index contributed by atoms with van der Waals surface area (Å²) in [6, 6.07) is 13.2. The van der Waals surface area contributed by atoms with Crippen molar-refractivity contribution in [3.05, 3.63) is 48.0 Å². The predicted octanol–water partition coefficient (Wildman–Crippen LogP) is 4.60. The van der Waals surface area contributed by atoms with Crippen LogP contribution in [0.2, 0.25) is 0 Å². The van der Waals surface area contributed by atoms with E-state index in [0.29, 0.717) is 13.2 Å². The van der Waals surface area contributed by atoms with Gasteiger partial charge in [-0.25, -0.2) is 4.79 Å². The van der Waals surface area contributed by atoms with Gasteiger partial charge in [-0.15, -0.1) is 0 Å². The molecule has 3 rings (SSSR count). The number of fused-ring (bicyclic) bond motifs is 1. The second-order valence-electron chi connectivity index (χ2n) is 6.12. The van der Waals surface area contributed by atoms with Crippen LogP contribution in [0.3, 0.4) is 0 Å². The molecule has 5 heteroatoms. The lowest BCUT2D eigenvalue weighted by molar-refractivity contribution is 0.188. The molecule has 0 saturated heterocycles. The third-order valence-corrected chi connectivity index (χ3v) is 4.20. The highest BCUT2D eigenvalue weighted by Crippen LogP contribution is 2.35. The number of nitrogens with zero attached hydrogens (tertiary/aromatic N) is 1. The first-order valence-electron chi connectivity index (χ1n) is 8.69. The molecule has 0 aliphatic carbocycles. The topological polar surface area (TPSA) is 50.8 Å². The number of carbonyl (C=O) groups is 1. The van der Waals surface area contributed by atoms with Crippen LogP contribution in [0.5, 0.6) is 11.5 Å². The highest BCUT2D eigenvalue weighted by atomic mass is 16.5. The van der Waals surface area contributed by atoms with E-state index in [2.05, 4.69) is 12.2 Å². The third-order valence-electron chi connectivity index (χ3n) is 4.20. The average molecular weight is 340 g/mol. The van der Waals surface area contributed by atoms with Crippen LogP contribution in [0.25, 0.3) is 0 Å². The fraction of sp³-hybridized carbons (Fsp3) is 0.350. The lowest BCUT2D eigenvalue weighted by atomic mass is 10.1. The molecule has 25 heavy (non-hydrogen) atoms. The molecule has 5 nitrogen and oxygen atoms in total. The Morgan fingerprint density at radius 2 is 2.00 bits per heavy atom. The first-order chi connectivity index (χ1) is 12.1. The van der Waals surface area contributed by atoms with Crippen molar-refractivity contribution in [2.45, 2.75) is 33.3 Å². The van der Waals surface area contributed by atoms with Crippen molar-refractivity contribution >= 4 is 17.4 Å². The van der Waals surface area contributed by atoms with Gasteiger partial charge in [-0.2, -0.15) is 0 Å². The van der Waals surface area contributed by atoms with E-state index in [4.69, 9.17) is 9.47 Å². The summed E-state index contributed by atoms with van der Waals surface area (Å²) in [7, 11) is 0. The Morgan fingerprint density at radius 1 is 1.24 bits per heavy atom. The maximum absolute atomic E-state index is 12.8. The Kier molecular flexibility index (Phi) is 5.12. The van der Waals surface area contributed by atoms with E-state index in [1.165, 1.54) is 0 Å². The van der Waals surface area contributed by atoms with Crippen LogP contribution in [-0.4, -0.2) is 25.3 Å². The number of hydrogen-bond acceptors (Lipinski definition) is 3. The Morgan fingerprint density at radius 3 is 2.68 bits per heavy atom. The smallest absolute Gasteiger partial charge is 0.326 e. The summed E-state index contributed by atoms with van der Waals surface area (Å²) < 4.78 is 11.4. The number of carbonyl (C=O) groups excluding carboxylic acids is 1. The predicted molar refractivity (Wildman–Crippen MR) is 99.9 cm³/mol. The number of rotatable bonds is 4. The molecular weight excluding hydrogens is 316 g/mol. The van der Waals surface area contributed by atoms with Gasteiger partial charge >= 0.3 is 6.03 Å². The van der Waals surface area contributed by atoms with Gasteiger partial charge in [-0.05, 0) is 62.2 Å². The quantitative estimate of drug-likeness (QED) is 0.885. The zero-order valence-corrected chi connectivity index (χ0v) is 14.9. The number of aryl methyl sites for hydroxylation is 1. The monoisotopic (exact) mass is 340 g/mol. The minimum Gasteiger partial charge on any atom is -0.494 e. The lowest BCUT2D eigenvalue weighted by Crippen LogP contribution is -2.45. The molecule has 0 aromatic heterocycles. The standard InChI is InChI=1S/C20H24N2O3/c1-4-16-13-22(18-12-14(3)6-11-19(18)25-16)20(23)21-15-7-9-17(10-8-15)24-5-2/h6-12,16H,4-5,13H2,1-3H3,(H,21,23)/t16-/m0/s1. The van der Waals surface area contributed by atoms with Crippen LogP contribution in [-0.2, 0) is 0 Å². The van der Waals surface area contributed by atoms with E-state index in [0.717, 1.165) is 34.9 Å². The first-order valence-corrected chi connectivity index (χ1v) is 8.69. The molecule has 0 radical (unpaired) electrons. The molecule has 132 valence electrons. The third kappa shape index (κ3) is 3.87. The maximum atomic E-state index is 12.8. The minimum absolute atomic E-state index is 0.00119. The molecule has 0 saturated carbocycles. The molecule has 0 bridgehead atoms. The number of ether oxygens (including phenoxy) is 2. The van der Waals surface area contributed by atoms with Gasteiger partial charge in [-0.1, -0.05) is 13.0 Å². The van der Waals surface area contributed by atoms with E-state index >= 15 is 0 Å². The fourth-order valence-electron chi connectivity index (χ4n) is 2.85. The van der Waals surface area contributed by atoms with Gasteiger partial charge in [-0.3, -0.25) is 4.90 Å². The van der Waals surface area contributed by atoms with Gasteiger partial charge in [0.15, 0.2) is 0 Å². The Labute approximate surface area is 148 Å². The molecule has 1 N–H and O–H groups in total. The van der Waals surface area contributed by atoms with Crippen molar-refractivity contribution in [1.82, 2.24) is 0 Å². The molecule has 1 aliphatic heterocycles. The van der Waals surface area contributed by atoms with Crippen molar-refractivity contribution in [2.24, 2.45) is 0 Å². The fourth-order valence-corrected chi connectivity index (χ4v) is 2.85. The van der Waals surface area contributed by atoms with Crippen molar-refractivity contribution < 1.29 is 14.3 Å². The van der Waals surface area contributed by atoms with Crippen molar-refractivity contribution in [2.75, 3.05) is 23.4 Å². The van der Waals surface area contributed by atoms with Crippen LogP contribution in [0.15, 0.2) is 42.5 Å². The molecule has 0 fully saturated rings. The highest BCUT2D eigenvalue weighted by Gasteiger charge is 2.29. The number of hydrogen-bond donors (Lipinski definition) is 1. The normalized spacial score (nSPS) is 16.0. The maximum Gasteiger partial charge on any atom is 0.326 e. The zero-order valence-electron chi connectivity index (χ0n) is 14.9. The molecule has 1 aliphatic rings. The SMILES string of the molecule is CCOc1ccc(NC(=O)N2C[C@H](CC)Oc3ccc(C)cc32)cc1. The average Bonchev–Trinajstić information content (AvgIpc) is 2.62. The Hall–Kier alpha value is -2.69. The van der Waals surface area contributed by atoms with Crippen molar-refractivity contribution in [3.8, 4) is 11.5 Å². The molecule has 0 unspecified atom stereocenters. The van der Waals surface area contributed by atoms with Crippen LogP contribution in [0, 0.1) is 6.92 Å². The summed E-state index contributed by atoms with van der Waals surface area (Å²) in [5, 5.41) is 2.96. The molecule has 1 atom stereocenters. The summed E-state index contributed by atoms with van der Waals surface area (Å²) >= 11 is 0. The minimum atomic E-state index is -0.155. The van der Waals surface area contributed by atoms with Crippen molar-refractivity contribution in [1.29, 1.82) is 0 Å². The van der Waals surface area contributed by atoms with E-state index in [1.807, 2.05) is 56.3 Å². The second-order valence-corrected chi connectivity index (χ2v) is 6.12. The van der Waals surface area contributed by atoms with Crippen LogP contribution < -0.4 is 19.7 Å². The van der Waals surface area contributed by atoms with Crippen LogP contribution >= 0.6 is 0 Å². The summed E-state index contributed by atoms with van der Waals surface area (Å²) in [6.45, 7) is 7.17. The molecular formula is C20H24N2O3. The number of urea groups is 1. The van der Waals surface area contributed by atoms with Gasteiger partial charge < -0.3 is 14.8 Å². The largest absolute Gasteiger partial charge is 0.494 e. The highest BCUT2D eigenvalue weighted by molar-refractivity contribution is 6.03.